The van der Waals surface area contributed by atoms with Crippen molar-refractivity contribution in [2.24, 2.45) is 0 Å². The molecule has 1 N–H and O–H groups in total. The quantitative estimate of drug-likeness (QED) is 0.659. The van der Waals surface area contributed by atoms with Gasteiger partial charge in [0, 0.05) is 18.7 Å². The number of hydrogen-bond donors (Lipinski definition) is 1. The van der Waals surface area contributed by atoms with Crippen molar-refractivity contribution in [2.75, 3.05) is 11.9 Å². The van der Waals surface area contributed by atoms with E-state index in [1.807, 2.05) is 13.0 Å². The second kappa shape index (κ2) is 6.70. The number of nitro groups is 1. The van der Waals surface area contributed by atoms with Crippen molar-refractivity contribution in [3.8, 4) is 0 Å². The maximum absolute atomic E-state index is 11.1. The molecule has 0 radical (unpaired) electrons. The monoisotopic (exact) mass is 278 g/mol. The predicted octanol–water partition coefficient (Wildman–Crippen LogP) is 3.66. The van der Waals surface area contributed by atoms with Gasteiger partial charge in [0.25, 0.3) is 5.69 Å². The molecule has 0 saturated carbocycles. The Labute approximate surface area is 119 Å². The van der Waals surface area contributed by atoms with Crippen LogP contribution in [0, 0.1) is 17.0 Å². The molecular formula is C15H22N2O3. The second-order valence-corrected chi connectivity index (χ2v) is 5.42. The molecule has 0 amide bonds. The maximum Gasteiger partial charge on any atom is 0.292 e. The number of nitro benzene ring substituents is 1. The molecule has 2 atom stereocenters. The Hall–Kier alpha value is -1.62. The summed E-state index contributed by atoms with van der Waals surface area (Å²) < 4.78 is 5.71. The molecule has 1 heterocycles. The van der Waals surface area contributed by atoms with Crippen molar-refractivity contribution in [2.45, 2.75) is 51.7 Å². The van der Waals surface area contributed by atoms with Crippen molar-refractivity contribution in [1.82, 2.24) is 0 Å². The number of ether oxygens (including phenoxy) is 1. The summed E-state index contributed by atoms with van der Waals surface area (Å²) in [5, 5.41) is 14.4. The first-order chi connectivity index (χ1) is 9.60. The van der Waals surface area contributed by atoms with Gasteiger partial charge in [-0.05, 0) is 37.8 Å². The Morgan fingerprint density at radius 3 is 3.00 bits per heavy atom. The fourth-order valence-corrected chi connectivity index (χ4v) is 2.68. The molecule has 1 fully saturated rings. The molecule has 0 bridgehead atoms. The lowest BCUT2D eigenvalue weighted by Crippen LogP contribution is -2.34. The van der Waals surface area contributed by atoms with Crippen LogP contribution in [0.2, 0.25) is 0 Å². The minimum atomic E-state index is -0.329. The standard InChI is InChI=1S/C15H22N2O3/c1-3-4-13-10-12(7-8-20-13)16-14-9-11(2)5-6-15(14)17(18)19/h5-6,9,12-13,16H,3-4,7-8,10H2,1-2H3. The normalized spacial score (nSPS) is 22.5. The van der Waals surface area contributed by atoms with Crippen LogP contribution in [0.4, 0.5) is 11.4 Å². The average Bonchev–Trinajstić information content (AvgIpc) is 2.39. The van der Waals surface area contributed by atoms with Gasteiger partial charge in [0.15, 0.2) is 0 Å². The zero-order chi connectivity index (χ0) is 14.5. The van der Waals surface area contributed by atoms with Gasteiger partial charge < -0.3 is 10.1 Å². The third-order valence-electron chi connectivity index (χ3n) is 3.69. The Morgan fingerprint density at radius 1 is 1.50 bits per heavy atom. The van der Waals surface area contributed by atoms with E-state index in [-0.39, 0.29) is 22.8 Å². The van der Waals surface area contributed by atoms with E-state index in [0.717, 1.165) is 37.9 Å². The molecule has 1 saturated heterocycles. The fraction of sp³-hybridized carbons (Fsp3) is 0.600. The lowest BCUT2D eigenvalue weighted by Gasteiger charge is -2.30. The van der Waals surface area contributed by atoms with E-state index in [1.165, 1.54) is 0 Å². The van der Waals surface area contributed by atoms with E-state index < -0.39 is 0 Å². The van der Waals surface area contributed by atoms with Crippen molar-refractivity contribution in [3.05, 3.63) is 33.9 Å². The number of hydrogen-bond acceptors (Lipinski definition) is 4. The van der Waals surface area contributed by atoms with Crippen LogP contribution in [0.25, 0.3) is 0 Å². The first-order valence-electron chi connectivity index (χ1n) is 7.23. The van der Waals surface area contributed by atoms with Gasteiger partial charge in [-0.2, -0.15) is 0 Å². The van der Waals surface area contributed by atoms with Gasteiger partial charge in [0.1, 0.15) is 5.69 Å². The zero-order valence-electron chi connectivity index (χ0n) is 12.1. The van der Waals surface area contributed by atoms with Crippen LogP contribution >= 0.6 is 0 Å². The topological polar surface area (TPSA) is 64.4 Å². The summed E-state index contributed by atoms with van der Waals surface area (Å²) in [6.07, 6.45) is 4.23. The molecule has 5 nitrogen and oxygen atoms in total. The number of nitrogens with one attached hydrogen (secondary N) is 1. The highest BCUT2D eigenvalue weighted by Crippen LogP contribution is 2.28. The number of rotatable bonds is 5. The summed E-state index contributed by atoms with van der Waals surface area (Å²) in [7, 11) is 0. The Morgan fingerprint density at radius 2 is 2.30 bits per heavy atom. The maximum atomic E-state index is 11.1. The highest BCUT2D eigenvalue weighted by Gasteiger charge is 2.24. The molecule has 110 valence electrons. The summed E-state index contributed by atoms with van der Waals surface area (Å²) in [5.74, 6) is 0. The summed E-state index contributed by atoms with van der Waals surface area (Å²) in [5.41, 5.74) is 1.79. The van der Waals surface area contributed by atoms with Gasteiger partial charge in [-0.3, -0.25) is 10.1 Å². The number of anilines is 1. The summed E-state index contributed by atoms with van der Waals surface area (Å²) in [6, 6.07) is 5.44. The second-order valence-electron chi connectivity index (χ2n) is 5.42. The number of nitrogens with zero attached hydrogens (tertiary/aromatic N) is 1. The van der Waals surface area contributed by atoms with Crippen LogP contribution in [-0.4, -0.2) is 23.7 Å². The molecule has 1 aromatic carbocycles. The van der Waals surface area contributed by atoms with E-state index in [0.29, 0.717) is 5.69 Å². The first kappa shape index (κ1) is 14.8. The minimum absolute atomic E-state index is 0.147. The van der Waals surface area contributed by atoms with E-state index in [2.05, 4.69) is 12.2 Å². The van der Waals surface area contributed by atoms with Crippen LogP contribution in [0.3, 0.4) is 0 Å². The largest absolute Gasteiger partial charge is 0.378 e. The van der Waals surface area contributed by atoms with E-state index in [4.69, 9.17) is 4.74 Å². The highest BCUT2D eigenvalue weighted by molar-refractivity contribution is 5.63. The molecule has 2 unspecified atom stereocenters. The summed E-state index contributed by atoms with van der Waals surface area (Å²) in [4.78, 5) is 10.8. The third-order valence-corrected chi connectivity index (χ3v) is 3.69. The third kappa shape index (κ3) is 3.70. The van der Waals surface area contributed by atoms with Gasteiger partial charge >= 0.3 is 0 Å². The SMILES string of the molecule is CCCC1CC(Nc2cc(C)ccc2[N+](=O)[O-])CCO1. The smallest absolute Gasteiger partial charge is 0.292 e. The molecule has 5 heteroatoms. The van der Waals surface area contributed by atoms with Crippen LogP contribution in [-0.2, 0) is 4.74 Å². The highest BCUT2D eigenvalue weighted by atomic mass is 16.6. The summed E-state index contributed by atoms with van der Waals surface area (Å²) >= 11 is 0. The predicted molar refractivity (Wildman–Crippen MR) is 79.1 cm³/mol. The van der Waals surface area contributed by atoms with E-state index in [9.17, 15) is 10.1 Å². The van der Waals surface area contributed by atoms with Crippen molar-refractivity contribution >= 4 is 11.4 Å². The van der Waals surface area contributed by atoms with Gasteiger partial charge in [0.2, 0.25) is 0 Å². The van der Waals surface area contributed by atoms with E-state index >= 15 is 0 Å². The van der Waals surface area contributed by atoms with Crippen LogP contribution < -0.4 is 5.32 Å². The van der Waals surface area contributed by atoms with Crippen LogP contribution in [0.15, 0.2) is 18.2 Å². The first-order valence-corrected chi connectivity index (χ1v) is 7.23. The fourth-order valence-electron chi connectivity index (χ4n) is 2.68. The molecule has 2 rings (SSSR count). The molecule has 1 aliphatic rings. The van der Waals surface area contributed by atoms with Crippen LogP contribution in [0.5, 0.6) is 0 Å². The van der Waals surface area contributed by atoms with Crippen LogP contribution in [0.1, 0.15) is 38.2 Å². The number of benzene rings is 1. The summed E-state index contributed by atoms with van der Waals surface area (Å²) in [6.45, 7) is 4.81. The van der Waals surface area contributed by atoms with Gasteiger partial charge in [-0.15, -0.1) is 0 Å². The van der Waals surface area contributed by atoms with Gasteiger partial charge in [-0.25, -0.2) is 0 Å². The average molecular weight is 278 g/mol. The molecule has 0 aromatic heterocycles. The molecule has 0 aliphatic carbocycles. The van der Waals surface area contributed by atoms with Crippen molar-refractivity contribution in [3.63, 3.8) is 0 Å². The molecule has 1 aliphatic heterocycles. The van der Waals surface area contributed by atoms with Crippen molar-refractivity contribution in [1.29, 1.82) is 0 Å². The van der Waals surface area contributed by atoms with Crippen molar-refractivity contribution < 1.29 is 9.66 Å². The Kier molecular flexibility index (Phi) is 4.95. The zero-order valence-corrected chi connectivity index (χ0v) is 12.1. The minimum Gasteiger partial charge on any atom is -0.378 e. The molecule has 20 heavy (non-hydrogen) atoms. The van der Waals surface area contributed by atoms with E-state index in [1.54, 1.807) is 12.1 Å². The Balaban J connectivity index is 2.09. The number of aryl methyl sites for hydroxylation is 1. The molecule has 0 spiro atoms. The molecular weight excluding hydrogens is 256 g/mol. The van der Waals surface area contributed by atoms with Gasteiger partial charge in [-0.1, -0.05) is 19.4 Å². The lowest BCUT2D eigenvalue weighted by atomic mass is 9.99. The Bertz CT molecular complexity index is 474. The lowest BCUT2D eigenvalue weighted by molar-refractivity contribution is -0.384. The van der Waals surface area contributed by atoms with Gasteiger partial charge in [0.05, 0.1) is 11.0 Å². The molecule has 1 aromatic rings.